The molecule has 0 aliphatic carbocycles. The Morgan fingerprint density at radius 3 is 2.44 bits per heavy atom. The lowest BCUT2D eigenvalue weighted by atomic mass is 9.85. The van der Waals surface area contributed by atoms with Crippen molar-refractivity contribution in [1.82, 2.24) is 0 Å². The van der Waals surface area contributed by atoms with E-state index in [1.165, 1.54) is 5.56 Å². The second kappa shape index (κ2) is 5.05. The van der Waals surface area contributed by atoms with Crippen molar-refractivity contribution in [3.8, 4) is 0 Å². The number of Topliss-reactive ketones (excluding diaryl/α,β-unsaturated/α-hetero) is 1. The van der Waals surface area contributed by atoms with Gasteiger partial charge in [0.2, 0.25) is 0 Å². The van der Waals surface area contributed by atoms with E-state index in [4.69, 9.17) is 0 Å². The van der Waals surface area contributed by atoms with Crippen LogP contribution in [0.3, 0.4) is 0 Å². The molecular formula is C14H20OS. The smallest absolute Gasteiger partial charge is 0.172 e. The molecule has 2 heteroatoms. The van der Waals surface area contributed by atoms with E-state index in [1.807, 2.05) is 25.3 Å². The van der Waals surface area contributed by atoms with Crippen LogP contribution in [0.25, 0.3) is 0 Å². The minimum Gasteiger partial charge on any atom is -0.293 e. The molecule has 1 aromatic carbocycles. The highest BCUT2D eigenvalue weighted by atomic mass is 32.2. The van der Waals surface area contributed by atoms with Gasteiger partial charge in [-0.05, 0) is 35.8 Å². The Bertz CT molecular complexity index is 388. The molecule has 1 aromatic rings. The summed E-state index contributed by atoms with van der Waals surface area (Å²) in [6.45, 7) is 8.50. The molecule has 0 heterocycles. The average molecular weight is 236 g/mol. The molecule has 1 nitrogen and oxygen atoms in total. The molecule has 1 rings (SSSR count). The van der Waals surface area contributed by atoms with E-state index < -0.39 is 0 Å². The van der Waals surface area contributed by atoms with E-state index in [9.17, 15) is 4.79 Å². The Labute approximate surface area is 103 Å². The lowest BCUT2D eigenvalue weighted by Crippen LogP contribution is -2.13. The Balaban J connectivity index is 3.14. The fourth-order valence-corrected chi connectivity index (χ4v) is 2.02. The number of thioether (sulfide) groups is 1. The van der Waals surface area contributed by atoms with Crippen LogP contribution < -0.4 is 0 Å². The molecule has 0 atom stereocenters. The molecule has 0 aliphatic rings. The number of carbonyl (C=O) groups is 1. The Morgan fingerprint density at radius 2 is 1.94 bits per heavy atom. The number of aryl methyl sites for hydroxylation is 1. The van der Waals surface area contributed by atoms with E-state index in [2.05, 4.69) is 26.8 Å². The molecule has 0 fully saturated rings. The predicted molar refractivity (Wildman–Crippen MR) is 72.6 cm³/mol. The molecule has 0 radical (unpaired) electrons. The van der Waals surface area contributed by atoms with Gasteiger partial charge < -0.3 is 0 Å². The van der Waals surface area contributed by atoms with Crippen LogP contribution in [0.2, 0.25) is 0 Å². The summed E-state index contributed by atoms with van der Waals surface area (Å²) in [5, 5.41) is 0. The molecule has 0 bridgehead atoms. The molecule has 0 saturated heterocycles. The summed E-state index contributed by atoms with van der Waals surface area (Å²) >= 11 is 1.58. The van der Waals surface area contributed by atoms with Crippen molar-refractivity contribution in [3.05, 3.63) is 34.9 Å². The minimum absolute atomic E-state index is 0.0993. The van der Waals surface area contributed by atoms with E-state index in [0.717, 1.165) is 11.1 Å². The molecule has 0 N–H and O–H groups in total. The van der Waals surface area contributed by atoms with Gasteiger partial charge in [0.05, 0.1) is 5.75 Å². The first-order valence-corrected chi connectivity index (χ1v) is 6.89. The minimum atomic E-state index is 0.0993. The number of hydrogen-bond donors (Lipinski definition) is 0. The number of hydrogen-bond acceptors (Lipinski definition) is 2. The van der Waals surface area contributed by atoms with Crippen LogP contribution >= 0.6 is 11.8 Å². The molecule has 0 spiro atoms. The molecule has 0 saturated carbocycles. The van der Waals surface area contributed by atoms with Crippen LogP contribution in [0.15, 0.2) is 18.2 Å². The first-order chi connectivity index (χ1) is 7.36. The highest BCUT2D eigenvalue weighted by Gasteiger charge is 2.16. The first kappa shape index (κ1) is 13.3. The highest BCUT2D eigenvalue weighted by Crippen LogP contribution is 2.25. The topological polar surface area (TPSA) is 17.1 Å². The SMILES string of the molecule is CSCC(=O)c1cc(C(C)(C)C)ccc1C. The zero-order valence-corrected chi connectivity index (χ0v) is 11.6. The molecular weight excluding hydrogens is 216 g/mol. The lowest BCUT2D eigenvalue weighted by molar-refractivity contribution is 0.102. The summed E-state index contributed by atoms with van der Waals surface area (Å²) in [6, 6.07) is 6.22. The van der Waals surface area contributed by atoms with Gasteiger partial charge in [-0.1, -0.05) is 32.9 Å². The molecule has 88 valence electrons. The van der Waals surface area contributed by atoms with Crippen LogP contribution in [-0.2, 0) is 5.41 Å². The van der Waals surface area contributed by atoms with Gasteiger partial charge in [-0.2, -0.15) is 11.8 Å². The molecule has 0 aromatic heterocycles. The van der Waals surface area contributed by atoms with E-state index >= 15 is 0 Å². The third-order valence-electron chi connectivity index (χ3n) is 2.68. The number of carbonyl (C=O) groups excluding carboxylic acids is 1. The van der Waals surface area contributed by atoms with Crippen molar-refractivity contribution in [2.24, 2.45) is 0 Å². The second-order valence-electron chi connectivity index (χ2n) is 5.14. The summed E-state index contributed by atoms with van der Waals surface area (Å²) in [5.74, 6) is 0.796. The Kier molecular flexibility index (Phi) is 4.20. The standard InChI is InChI=1S/C14H20OS/c1-10-6-7-11(14(2,3)4)8-12(10)13(15)9-16-5/h6-8H,9H2,1-5H3. The van der Waals surface area contributed by atoms with Gasteiger partial charge in [0.15, 0.2) is 5.78 Å². The van der Waals surface area contributed by atoms with Crippen molar-refractivity contribution < 1.29 is 4.79 Å². The molecule has 0 unspecified atom stereocenters. The summed E-state index contributed by atoms with van der Waals surface area (Å²) < 4.78 is 0. The highest BCUT2D eigenvalue weighted by molar-refractivity contribution is 7.99. The van der Waals surface area contributed by atoms with Crippen molar-refractivity contribution in [1.29, 1.82) is 0 Å². The van der Waals surface area contributed by atoms with Gasteiger partial charge >= 0.3 is 0 Å². The van der Waals surface area contributed by atoms with E-state index in [-0.39, 0.29) is 11.2 Å². The molecule has 0 aliphatic heterocycles. The largest absolute Gasteiger partial charge is 0.293 e. The molecule has 16 heavy (non-hydrogen) atoms. The predicted octanol–water partition coefficient (Wildman–Crippen LogP) is 3.84. The van der Waals surface area contributed by atoms with Crippen molar-refractivity contribution in [3.63, 3.8) is 0 Å². The number of rotatable bonds is 3. The van der Waals surface area contributed by atoms with Gasteiger partial charge in [0, 0.05) is 5.56 Å². The van der Waals surface area contributed by atoms with Gasteiger partial charge in [-0.25, -0.2) is 0 Å². The third-order valence-corrected chi connectivity index (χ3v) is 3.23. The fraction of sp³-hybridized carbons (Fsp3) is 0.500. The monoisotopic (exact) mass is 236 g/mol. The first-order valence-electron chi connectivity index (χ1n) is 5.49. The maximum atomic E-state index is 11.9. The van der Waals surface area contributed by atoms with Crippen LogP contribution in [0.1, 0.15) is 42.3 Å². The average Bonchev–Trinajstić information content (AvgIpc) is 2.16. The maximum absolute atomic E-state index is 11.9. The zero-order valence-electron chi connectivity index (χ0n) is 10.8. The normalized spacial score (nSPS) is 11.6. The molecule has 0 amide bonds. The Morgan fingerprint density at radius 1 is 1.31 bits per heavy atom. The van der Waals surface area contributed by atoms with Gasteiger partial charge in [-0.15, -0.1) is 0 Å². The van der Waals surface area contributed by atoms with Gasteiger partial charge in [0.1, 0.15) is 0 Å². The van der Waals surface area contributed by atoms with E-state index in [1.54, 1.807) is 11.8 Å². The summed E-state index contributed by atoms with van der Waals surface area (Å²) in [5.41, 5.74) is 3.28. The number of benzene rings is 1. The summed E-state index contributed by atoms with van der Waals surface area (Å²) in [4.78, 5) is 11.9. The van der Waals surface area contributed by atoms with Gasteiger partial charge in [-0.3, -0.25) is 4.79 Å². The lowest BCUT2D eigenvalue weighted by Gasteiger charge is -2.20. The summed E-state index contributed by atoms with van der Waals surface area (Å²) in [6.07, 6.45) is 1.96. The summed E-state index contributed by atoms with van der Waals surface area (Å²) in [7, 11) is 0. The van der Waals surface area contributed by atoms with Crippen molar-refractivity contribution in [2.75, 3.05) is 12.0 Å². The maximum Gasteiger partial charge on any atom is 0.172 e. The van der Waals surface area contributed by atoms with Crippen molar-refractivity contribution >= 4 is 17.5 Å². The zero-order chi connectivity index (χ0) is 12.3. The van der Waals surface area contributed by atoms with Crippen LogP contribution in [0.4, 0.5) is 0 Å². The fourth-order valence-electron chi connectivity index (χ4n) is 1.60. The van der Waals surface area contributed by atoms with Crippen LogP contribution in [0, 0.1) is 6.92 Å². The van der Waals surface area contributed by atoms with Crippen LogP contribution in [0.5, 0.6) is 0 Å². The quantitative estimate of drug-likeness (QED) is 0.742. The third kappa shape index (κ3) is 3.11. The second-order valence-corrected chi connectivity index (χ2v) is 6.00. The van der Waals surface area contributed by atoms with E-state index in [0.29, 0.717) is 5.75 Å². The van der Waals surface area contributed by atoms with Crippen LogP contribution in [-0.4, -0.2) is 17.8 Å². The van der Waals surface area contributed by atoms with Gasteiger partial charge in [0.25, 0.3) is 0 Å². The van der Waals surface area contributed by atoms with Crippen molar-refractivity contribution in [2.45, 2.75) is 33.1 Å². The number of ketones is 1. The Hall–Kier alpha value is -0.760.